The maximum Gasteiger partial charge on any atom is 2.00 e. The average molecular weight is 656 g/mol. The van der Waals surface area contributed by atoms with Crippen LogP contribution in [0.3, 0.4) is 0 Å². The molecule has 8 rings (SSSR count). The molecule has 6 aromatic rings. The van der Waals surface area contributed by atoms with Gasteiger partial charge in [0.25, 0.3) is 6.85 Å². The summed E-state index contributed by atoms with van der Waals surface area (Å²) in [5, 5.41) is 17.4. The van der Waals surface area contributed by atoms with E-state index < -0.39 is 0 Å². The van der Waals surface area contributed by atoms with Crippen LogP contribution in [0.5, 0.6) is 0 Å². The summed E-state index contributed by atoms with van der Waals surface area (Å²) in [4.78, 5) is 5.62. The van der Waals surface area contributed by atoms with E-state index in [4.69, 9.17) is 0 Å². The number of hydrogen-bond acceptors (Lipinski definition) is 5. The first kappa shape index (κ1) is 22.0. The molecule has 176 valence electrons. The third kappa shape index (κ3) is 3.19. The van der Waals surface area contributed by atoms with Crippen LogP contribution in [0, 0.1) is 12.1 Å². The number of anilines is 2. The van der Waals surface area contributed by atoms with Crippen LogP contribution < -0.4 is 15.7 Å². The maximum atomic E-state index is 4.34. The summed E-state index contributed by atoms with van der Waals surface area (Å²) in [6.07, 6.45) is 6.72. The zero-order valence-electron chi connectivity index (χ0n) is 19.3. The van der Waals surface area contributed by atoms with Gasteiger partial charge in [-0.25, -0.2) is 0 Å². The van der Waals surface area contributed by atoms with E-state index in [9.17, 15) is 0 Å². The molecule has 2 aliphatic heterocycles. The van der Waals surface area contributed by atoms with Gasteiger partial charge >= 0.3 is 21.1 Å². The summed E-state index contributed by atoms with van der Waals surface area (Å²) < 4.78 is 0. The van der Waals surface area contributed by atoms with E-state index in [1.54, 1.807) is 34.4 Å². The van der Waals surface area contributed by atoms with Crippen molar-refractivity contribution >= 4 is 29.1 Å². The van der Waals surface area contributed by atoms with Crippen molar-refractivity contribution in [2.45, 2.75) is 0 Å². The number of hydrogen-bond donors (Lipinski definition) is 0. The van der Waals surface area contributed by atoms with Gasteiger partial charge in [0, 0.05) is 11.4 Å². The Morgan fingerprint density at radius 1 is 0.514 bits per heavy atom. The molecule has 4 heterocycles. The molecule has 0 radical (unpaired) electrons. The number of nitrogens with zero attached hydrogens (tertiary/aromatic N) is 7. The maximum absolute atomic E-state index is 4.34. The molecule has 7 nitrogen and oxygen atoms in total. The van der Waals surface area contributed by atoms with Crippen molar-refractivity contribution < 1.29 is 21.1 Å². The molecule has 0 amide bonds. The summed E-state index contributed by atoms with van der Waals surface area (Å²) >= 11 is 0. The van der Waals surface area contributed by atoms with Gasteiger partial charge in [-0.1, -0.05) is 47.5 Å². The summed E-state index contributed by atoms with van der Waals surface area (Å²) in [6.45, 7) is -0.147. The first-order valence-electron chi connectivity index (χ1n) is 11.7. The molecule has 2 aromatic heterocycles. The van der Waals surface area contributed by atoms with Gasteiger partial charge in [0.2, 0.25) is 0 Å². The van der Waals surface area contributed by atoms with Crippen LogP contribution in [0.2, 0.25) is 0 Å². The van der Waals surface area contributed by atoms with Crippen molar-refractivity contribution in [3.8, 4) is 33.6 Å². The van der Waals surface area contributed by atoms with Crippen LogP contribution in [0.1, 0.15) is 0 Å². The first-order chi connectivity index (χ1) is 17.9. The zero-order valence-corrected chi connectivity index (χ0v) is 21.5. The second kappa shape index (κ2) is 8.39. The van der Waals surface area contributed by atoms with E-state index in [1.165, 1.54) is 11.1 Å². The fourth-order valence-electron chi connectivity index (χ4n) is 5.45. The van der Waals surface area contributed by atoms with Gasteiger partial charge < -0.3 is 4.81 Å². The molecule has 0 saturated carbocycles. The minimum absolute atomic E-state index is 0. The van der Waals surface area contributed by atoms with Gasteiger partial charge in [0.1, 0.15) is 0 Å². The molecule has 0 saturated heterocycles. The summed E-state index contributed by atoms with van der Waals surface area (Å²) in [6, 6.07) is 32.8. The van der Waals surface area contributed by atoms with Crippen LogP contribution in [0.15, 0.2) is 97.6 Å². The van der Waals surface area contributed by atoms with Crippen LogP contribution >= 0.6 is 0 Å². The molecule has 0 aliphatic carbocycles. The molecule has 0 N–H and O–H groups in total. The second-order valence-corrected chi connectivity index (χ2v) is 8.79. The third-order valence-corrected chi connectivity index (χ3v) is 6.90. The second-order valence-electron chi connectivity index (χ2n) is 8.79. The largest absolute Gasteiger partial charge is 2.00 e. The van der Waals surface area contributed by atoms with Gasteiger partial charge in [-0.2, -0.15) is 65.2 Å². The monoisotopic (exact) mass is 656 g/mol. The van der Waals surface area contributed by atoms with Gasteiger partial charge in [0.05, 0.1) is 24.8 Å². The van der Waals surface area contributed by atoms with Crippen molar-refractivity contribution in [1.82, 2.24) is 30.0 Å². The standard InChI is InChI=1S/C28H16BN7.Pt/c1-3-7-27-23(5-1)21-11-9-19(35-30-13-14-31-35)17-25(21)29-26-18-20(36-32-15-16-33-36)10-12-22(26)24-6-2-4-8-28(24)34(27)29;/h1-16H;/q-2;+2. The molecule has 0 spiro atoms. The Kier molecular flexibility index (Phi) is 4.98. The molecule has 2 aliphatic rings. The summed E-state index contributed by atoms with van der Waals surface area (Å²) in [5.41, 5.74) is 10.6. The van der Waals surface area contributed by atoms with Crippen molar-refractivity contribution in [1.29, 1.82) is 0 Å². The SMILES string of the molecule is [Pt+2].[c-]1c(-n2nccn2)ccc2c1B1c3[c-]c(-n4nccn4)ccc3-c3ccccc3N1c1ccccc1-2. The summed E-state index contributed by atoms with van der Waals surface area (Å²) in [7, 11) is 0. The topological polar surface area (TPSA) is 64.7 Å². The fraction of sp³-hybridized carbons (Fsp3) is 0. The number of fused-ring (bicyclic) bond motifs is 11. The van der Waals surface area contributed by atoms with Gasteiger partial charge in [-0.05, 0) is 23.5 Å². The minimum atomic E-state index is -0.147. The fourth-order valence-corrected chi connectivity index (χ4v) is 5.45. The van der Waals surface area contributed by atoms with Gasteiger partial charge in [-0.3, -0.25) is 0 Å². The van der Waals surface area contributed by atoms with E-state index in [2.05, 4.69) is 98.0 Å². The number of benzene rings is 4. The average Bonchev–Trinajstić information content (AvgIpc) is 3.67. The van der Waals surface area contributed by atoms with E-state index in [1.807, 2.05) is 12.1 Å². The molecular formula is C28H16BN7Pt. The molecular weight excluding hydrogens is 640 g/mol. The number of para-hydroxylation sites is 2. The predicted molar refractivity (Wildman–Crippen MR) is 138 cm³/mol. The van der Waals surface area contributed by atoms with E-state index >= 15 is 0 Å². The van der Waals surface area contributed by atoms with E-state index in [-0.39, 0.29) is 27.9 Å². The van der Waals surface area contributed by atoms with Crippen LogP contribution in [0.4, 0.5) is 11.4 Å². The van der Waals surface area contributed by atoms with Crippen LogP contribution in [-0.4, -0.2) is 36.8 Å². The quantitative estimate of drug-likeness (QED) is 0.212. The Labute approximate surface area is 227 Å². The minimum Gasteiger partial charge on any atom is -0.381 e. The Morgan fingerprint density at radius 3 is 1.41 bits per heavy atom. The molecule has 0 bridgehead atoms. The number of aromatic nitrogens is 6. The van der Waals surface area contributed by atoms with Crippen molar-refractivity contribution in [3.63, 3.8) is 0 Å². The molecule has 0 fully saturated rings. The van der Waals surface area contributed by atoms with Gasteiger partial charge in [-0.15, -0.1) is 23.3 Å². The molecule has 4 aromatic carbocycles. The van der Waals surface area contributed by atoms with Crippen molar-refractivity contribution in [3.05, 3.63) is 110 Å². The van der Waals surface area contributed by atoms with Gasteiger partial charge in [0.15, 0.2) is 0 Å². The third-order valence-electron chi connectivity index (χ3n) is 6.90. The van der Waals surface area contributed by atoms with Crippen LogP contribution in [-0.2, 0) is 21.1 Å². The zero-order chi connectivity index (χ0) is 23.6. The number of rotatable bonds is 2. The van der Waals surface area contributed by atoms with Crippen molar-refractivity contribution in [2.24, 2.45) is 0 Å². The first-order valence-corrected chi connectivity index (χ1v) is 11.7. The predicted octanol–water partition coefficient (Wildman–Crippen LogP) is 3.35. The Hall–Kier alpha value is -4.29. The Bertz CT molecular complexity index is 1640. The Balaban J connectivity index is 0.00000231. The molecule has 0 unspecified atom stereocenters. The smallest absolute Gasteiger partial charge is 0.381 e. The van der Waals surface area contributed by atoms with Crippen molar-refractivity contribution in [2.75, 3.05) is 4.81 Å². The summed E-state index contributed by atoms with van der Waals surface area (Å²) in [5.74, 6) is 0. The normalized spacial score (nSPS) is 12.5. The molecule has 37 heavy (non-hydrogen) atoms. The Morgan fingerprint density at radius 2 is 0.946 bits per heavy atom. The van der Waals surface area contributed by atoms with E-state index in [0.717, 1.165) is 44.8 Å². The molecule has 9 heteroatoms. The van der Waals surface area contributed by atoms with E-state index in [0.29, 0.717) is 0 Å². The molecule has 0 atom stereocenters. The van der Waals surface area contributed by atoms with Crippen LogP contribution in [0.25, 0.3) is 33.6 Å².